The number of aromatic nitrogens is 2. The number of hydrogen-bond donors (Lipinski definition) is 0. The third kappa shape index (κ3) is 7.03. The Morgan fingerprint density at radius 2 is 1.40 bits per heavy atom. The summed E-state index contributed by atoms with van der Waals surface area (Å²) in [6, 6.07) is 7.12. The van der Waals surface area contributed by atoms with Gasteiger partial charge in [0.15, 0.2) is 24.4 Å². The molecule has 2 aromatic rings. The molecule has 0 saturated carbocycles. The van der Waals surface area contributed by atoms with Crippen LogP contribution in [-0.4, -0.2) is 84.0 Å². The molecule has 1 aromatic heterocycles. The maximum absolute atomic E-state index is 13.8. The highest BCUT2D eigenvalue weighted by Crippen LogP contribution is 2.34. The first-order valence-electron chi connectivity index (χ1n) is 12.6. The Morgan fingerprint density at radius 1 is 0.837 bits per heavy atom. The van der Waals surface area contributed by atoms with Crippen molar-refractivity contribution in [3.8, 4) is 0 Å². The maximum Gasteiger partial charge on any atom is 0.340 e. The molecule has 16 heteroatoms. The van der Waals surface area contributed by atoms with E-state index in [-0.39, 0.29) is 10.1 Å². The molecule has 1 aliphatic heterocycles. The molecule has 230 valence electrons. The van der Waals surface area contributed by atoms with E-state index in [0.717, 1.165) is 41.2 Å². The van der Waals surface area contributed by atoms with Crippen molar-refractivity contribution in [1.29, 1.82) is 0 Å². The van der Waals surface area contributed by atoms with Gasteiger partial charge in [0.1, 0.15) is 12.7 Å². The van der Waals surface area contributed by atoms with E-state index >= 15 is 0 Å². The van der Waals surface area contributed by atoms with Crippen LogP contribution in [0.1, 0.15) is 48.8 Å². The van der Waals surface area contributed by atoms with Crippen molar-refractivity contribution >= 4 is 35.8 Å². The summed E-state index contributed by atoms with van der Waals surface area (Å²) in [5, 5.41) is 0. The number of rotatable bonds is 9. The predicted molar refractivity (Wildman–Crippen MR) is 140 cm³/mol. The fourth-order valence-electron chi connectivity index (χ4n) is 4.36. The average molecular weight is 605 g/mol. The standard InChI is InChI=1S/C27H28N2O14/c1-13(30)40-12-18-20(41-14(2)31)21(42-15(3)32)24(43-18)28-11-17(19(25(35)38-4)26(36)39-5)23(34)29(27(28)37)22(33)16-9-7-6-8-10-16/h6-11,18-21,24H,12H2,1-5H3. The van der Waals surface area contributed by atoms with Crippen LogP contribution in [-0.2, 0) is 52.4 Å². The molecule has 0 radical (unpaired) electrons. The number of methoxy groups -OCH3 is 2. The first-order chi connectivity index (χ1) is 20.3. The molecule has 1 fully saturated rings. The van der Waals surface area contributed by atoms with Crippen LogP contribution >= 0.6 is 0 Å². The lowest BCUT2D eigenvalue weighted by Crippen LogP contribution is -2.49. The molecule has 0 N–H and O–H groups in total. The minimum absolute atomic E-state index is 0.118. The average Bonchev–Trinajstić information content (AvgIpc) is 3.28. The molecular formula is C27H28N2O14. The van der Waals surface area contributed by atoms with E-state index in [0.29, 0.717) is 4.57 Å². The van der Waals surface area contributed by atoms with Crippen molar-refractivity contribution in [2.45, 2.75) is 51.2 Å². The first-order valence-corrected chi connectivity index (χ1v) is 12.6. The summed E-state index contributed by atoms with van der Waals surface area (Å²) in [5.74, 6) is -8.24. The summed E-state index contributed by atoms with van der Waals surface area (Å²) in [6.07, 6.45) is -5.38. The molecule has 1 aromatic carbocycles. The number of ether oxygens (including phenoxy) is 6. The molecule has 3 rings (SSSR count). The lowest BCUT2D eigenvalue weighted by atomic mass is 10.0. The molecule has 4 atom stereocenters. The topological polar surface area (TPSA) is 202 Å². The number of carbonyl (C=O) groups is 6. The molecule has 0 bridgehead atoms. The van der Waals surface area contributed by atoms with E-state index in [1.54, 1.807) is 6.07 Å². The minimum Gasteiger partial charge on any atom is -0.468 e. The number of hydrogen-bond acceptors (Lipinski definition) is 14. The second-order valence-electron chi connectivity index (χ2n) is 9.08. The van der Waals surface area contributed by atoms with Crippen molar-refractivity contribution in [2.24, 2.45) is 0 Å². The largest absolute Gasteiger partial charge is 0.468 e. The van der Waals surface area contributed by atoms with E-state index in [1.165, 1.54) is 24.3 Å². The number of benzene rings is 1. The fraction of sp³-hybridized carbons (Fsp3) is 0.407. The molecule has 43 heavy (non-hydrogen) atoms. The van der Waals surface area contributed by atoms with E-state index in [9.17, 15) is 38.4 Å². The van der Waals surface area contributed by atoms with Gasteiger partial charge in [-0.05, 0) is 12.1 Å². The molecule has 2 heterocycles. The van der Waals surface area contributed by atoms with Gasteiger partial charge in [-0.25, -0.2) is 4.79 Å². The van der Waals surface area contributed by atoms with Gasteiger partial charge in [-0.3, -0.25) is 38.1 Å². The maximum atomic E-state index is 13.8. The van der Waals surface area contributed by atoms with Crippen LogP contribution < -0.4 is 11.2 Å². The quantitative estimate of drug-likeness (QED) is 0.200. The molecule has 1 saturated heterocycles. The summed E-state index contributed by atoms with van der Waals surface area (Å²) >= 11 is 0. The van der Waals surface area contributed by atoms with Crippen LogP contribution in [0.4, 0.5) is 0 Å². The normalized spacial score (nSPS) is 19.3. The summed E-state index contributed by atoms with van der Waals surface area (Å²) in [4.78, 5) is 102. The van der Waals surface area contributed by atoms with Gasteiger partial charge in [0.25, 0.3) is 11.5 Å². The van der Waals surface area contributed by atoms with Crippen LogP contribution in [0.25, 0.3) is 0 Å². The van der Waals surface area contributed by atoms with E-state index in [2.05, 4.69) is 9.47 Å². The summed E-state index contributed by atoms with van der Waals surface area (Å²) in [6.45, 7) is 2.62. The Hall–Kier alpha value is -5.12. The first kappa shape index (κ1) is 32.4. The van der Waals surface area contributed by atoms with Crippen molar-refractivity contribution in [1.82, 2.24) is 9.13 Å². The second-order valence-corrected chi connectivity index (χ2v) is 9.08. The predicted octanol–water partition coefficient (Wildman–Crippen LogP) is -0.548. The van der Waals surface area contributed by atoms with Crippen LogP contribution in [0.15, 0.2) is 46.1 Å². The minimum atomic E-state index is -2.07. The molecule has 16 nitrogen and oxygen atoms in total. The molecule has 0 spiro atoms. The van der Waals surface area contributed by atoms with Gasteiger partial charge in [-0.15, -0.1) is 0 Å². The second kappa shape index (κ2) is 13.7. The van der Waals surface area contributed by atoms with Crippen LogP contribution in [0.5, 0.6) is 0 Å². The SMILES string of the molecule is COC(=O)C(C(=O)OC)c1cn(C2OC(COC(C)=O)C(OC(C)=O)C2OC(C)=O)c(=O)n(C(=O)c2ccccc2)c1=O. The molecule has 4 unspecified atom stereocenters. The van der Waals surface area contributed by atoms with Crippen LogP contribution in [0, 0.1) is 0 Å². The van der Waals surface area contributed by atoms with Crippen LogP contribution in [0.2, 0.25) is 0 Å². The third-order valence-corrected chi connectivity index (χ3v) is 6.16. The van der Waals surface area contributed by atoms with Gasteiger partial charge in [0.2, 0.25) is 0 Å². The van der Waals surface area contributed by atoms with Crippen molar-refractivity contribution in [3.63, 3.8) is 0 Å². The fourth-order valence-corrected chi connectivity index (χ4v) is 4.36. The van der Waals surface area contributed by atoms with E-state index in [1.807, 2.05) is 0 Å². The Kier molecular flexibility index (Phi) is 10.3. The zero-order chi connectivity index (χ0) is 32.0. The van der Waals surface area contributed by atoms with Gasteiger partial charge in [0, 0.05) is 32.5 Å². The van der Waals surface area contributed by atoms with Gasteiger partial charge in [-0.2, -0.15) is 4.57 Å². The van der Waals surface area contributed by atoms with E-state index < -0.39 is 89.6 Å². The Balaban J connectivity index is 2.36. The monoisotopic (exact) mass is 604 g/mol. The Labute approximate surface area is 243 Å². The lowest BCUT2D eigenvalue weighted by Gasteiger charge is -2.25. The Morgan fingerprint density at radius 3 is 1.91 bits per heavy atom. The molecule has 1 aliphatic rings. The molecule has 0 amide bonds. The van der Waals surface area contributed by atoms with Crippen LogP contribution in [0.3, 0.4) is 0 Å². The third-order valence-electron chi connectivity index (χ3n) is 6.16. The van der Waals surface area contributed by atoms with Gasteiger partial charge in [0.05, 0.1) is 19.8 Å². The number of esters is 5. The molecule has 0 aliphatic carbocycles. The summed E-state index contributed by atoms with van der Waals surface area (Å²) in [7, 11) is 1.87. The van der Waals surface area contributed by atoms with Gasteiger partial charge >= 0.3 is 35.5 Å². The van der Waals surface area contributed by atoms with Crippen molar-refractivity contribution in [3.05, 3.63) is 68.5 Å². The van der Waals surface area contributed by atoms with Gasteiger partial charge < -0.3 is 28.4 Å². The van der Waals surface area contributed by atoms with Gasteiger partial charge in [-0.1, -0.05) is 18.2 Å². The zero-order valence-corrected chi connectivity index (χ0v) is 23.7. The number of carbonyl (C=O) groups excluding carboxylic acids is 6. The summed E-state index contributed by atoms with van der Waals surface area (Å²) in [5.41, 5.74) is -3.55. The summed E-state index contributed by atoms with van der Waals surface area (Å²) < 4.78 is 31.6. The zero-order valence-electron chi connectivity index (χ0n) is 23.7. The van der Waals surface area contributed by atoms with Crippen molar-refractivity contribution < 1.29 is 57.2 Å². The molecular weight excluding hydrogens is 576 g/mol. The van der Waals surface area contributed by atoms with Crippen molar-refractivity contribution in [2.75, 3.05) is 20.8 Å². The Bertz CT molecular complexity index is 1530. The highest BCUT2D eigenvalue weighted by Gasteiger charge is 2.51. The number of nitrogens with zero attached hydrogens (tertiary/aromatic N) is 2. The lowest BCUT2D eigenvalue weighted by molar-refractivity contribution is -0.166. The van der Waals surface area contributed by atoms with E-state index in [4.69, 9.17) is 18.9 Å². The highest BCUT2D eigenvalue weighted by molar-refractivity contribution is 6.01. The smallest absolute Gasteiger partial charge is 0.340 e. The highest BCUT2D eigenvalue weighted by atomic mass is 16.7.